The number of ether oxygens (including phenoxy) is 1. The van der Waals surface area contributed by atoms with E-state index < -0.39 is 0 Å². The van der Waals surface area contributed by atoms with Crippen LogP contribution in [-0.2, 0) is 4.74 Å². The Labute approximate surface area is 86.2 Å². The second kappa shape index (κ2) is 3.01. The highest BCUT2D eigenvalue weighted by Gasteiger charge is 2.35. The van der Waals surface area contributed by atoms with Crippen LogP contribution in [0.4, 0.5) is 5.69 Å². The van der Waals surface area contributed by atoms with E-state index in [0.717, 1.165) is 24.2 Å². The summed E-state index contributed by atoms with van der Waals surface area (Å²) in [6, 6.07) is 4.99. The zero-order valence-corrected chi connectivity index (χ0v) is 7.97. The maximum absolute atomic E-state index is 10.6. The van der Waals surface area contributed by atoms with Crippen LogP contribution in [0.2, 0.25) is 0 Å². The third kappa shape index (κ3) is 1.24. The van der Waals surface area contributed by atoms with Gasteiger partial charge in [-0.15, -0.1) is 0 Å². The van der Waals surface area contributed by atoms with Gasteiger partial charge in [-0.1, -0.05) is 0 Å². The van der Waals surface area contributed by atoms with Crippen molar-refractivity contribution in [2.75, 3.05) is 13.1 Å². The largest absolute Gasteiger partial charge is 0.363 e. The number of morpholine rings is 1. The predicted molar refractivity (Wildman–Crippen MR) is 52.5 cm³/mol. The molecule has 1 N–H and O–H groups in total. The first-order valence-corrected chi connectivity index (χ1v) is 4.90. The molecule has 1 aromatic carbocycles. The van der Waals surface area contributed by atoms with Gasteiger partial charge in [0, 0.05) is 25.2 Å². The van der Waals surface area contributed by atoms with E-state index in [0.29, 0.717) is 0 Å². The molecular formula is C10H10N2O3. The Balaban J connectivity index is 2.10. The van der Waals surface area contributed by atoms with E-state index >= 15 is 0 Å². The molecule has 78 valence electrons. The van der Waals surface area contributed by atoms with Crippen LogP contribution in [0.25, 0.3) is 0 Å². The maximum atomic E-state index is 10.6. The van der Waals surface area contributed by atoms with E-state index in [-0.39, 0.29) is 22.8 Å². The fourth-order valence-electron chi connectivity index (χ4n) is 2.25. The normalized spacial score (nSPS) is 27.5. The van der Waals surface area contributed by atoms with Crippen molar-refractivity contribution in [3.05, 3.63) is 39.4 Å². The lowest BCUT2D eigenvalue weighted by atomic mass is 10.0. The van der Waals surface area contributed by atoms with Crippen molar-refractivity contribution in [3.8, 4) is 0 Å². The number of rotatable bonds is 1. The van der Waals surface area contributed by atoms with Crippen molar-refractivity contribution in [2.24, 2.45) is 0 Å². The molecular weight excluding hydrogens is 196 g/mol. The van der Waals surface area contributed by atoms with Crippen molar-refractivity contribution in [2.45, 2.75) is 12.2 Å². The van der Waals surface area contributed by atoms with Gasteiger partial charge >= 0.3 is 0 Å². The summed E-state index contributed by atoms with van der Waals surface area (Å²) in [5.74, 6) is 0. The number of hydrogen-bond acceptors (Lipinski definition) is 4. The van der Waals surface area contributed by atoms with E-state index in [2.05, 4.69) is 5.32 Å². The topological polar surface area (TPSA) is 64.4 Å². The van der Waals surface area contributed by atoms with Crippen molar-refractivity contribution in [3.63, 3.8) is 0 Å². The lowest BCUT2D eigenvalue weighted by Crippen LogP contribution is -2.30. The lowest BCUT2D eigenvalue weighted by molar-refractivity contribution is -0.384. The van der Waals surface area contributed by atoms with E-state index in [1.807, 2.05) is 6.07 Å². The standard InChI is InChI=1S/C10H10N2O3/c13-12(14)6-1-2-7-8(3-6)10-5-11-4-9(7)15-10/h1-3,9-11H,4-5H2. The summed E-state index contributed by atoms with van der Waals surface area (Å²) in [4.78, 5) is 10.3. The zero-order valence-electron chi connectivity index (χ0n) is 7.97. The maximum Gasteiger partial charge on any atom is 0.269 e. The highest BCUT2D eigenvalue weighted by Crippen LogP contribution is 2.41. The molecule has 15 heavy (non-hydrogen) atoms. The summed E-state index contributed by atoms with van der Waals surface area (Å²) < 4.78 is 5.72. The Bertz CT molecular complexity index is 433. The van der Waals surface area contributed by atoms with E-state index in [4.69, 9.17) is 4.74 Å². The van der Waals surface area contributed by atoms with E-state index in [1.165, 1.54) is 0 Å². The van der Waals surface area contributed by atoms with Crippen LogP contribution in [-0.4, -0.2) is 18.0 Å². The minimum Gasteiger partial charge on any atom is -0.363 e. The van der Waals surface area contributed by atoms with Gasteiger partial charge in [-0.3, -0.25) is 10.1 Å². The number of non-ortho nitro benzene ring substituents is 1. The summed E-state index contributed by atoms with van der Waals surface area (Å²) in [6.45, 7) is 1.53. The molecule has 2 heterocycles. The number of hydrogen-bond donors (Lipinski definition) is 1. The Morgan fingerprint density at radius 1 is 1.33 bits per heavy atom. The van der Waals surface area contributed by atoms with Crippen LogP contribution in [0.1, 0.15) is 23.3 Å². The molecule has 5 heteroatoms. The van der Waals surface area contributed by atoms with Gasteiger partial charge in [0.2, 0.25) is 0 Å². The van der Waals surface area contributed by atoms with Gasteiger partial charge in [0.25, 0.3) is 5.69 Å². The Morgan fingerprint density at radius 2 is 2.07 bits per heavy atom. The van der Waals surface area contributed by atoms with Gasteiger partial charge in [-0.05, 0) is 17.2 Å². The first kappa shape index (κ1) is 8.82. The first-order valence-electron chi connectivity index (χ1n) is 4.90. The Morgan fingerprint density at radius 3 is 2.80 bits per heavy atom. The molecule has 0 aliphatic carbocycles. The molecule has 0 aromatic heterocycles. The van der Waals surface area contributed by atoms with Gasteiger partial charge in [-0.25, -0.2) is 0 Å². The second-order valence-electron chi connectivity index (χ2n) is 3.84. The molecule has 2 bridgehead atoms. The molecule has 0 amide bonds. The molecule has 3 rings (SSSR count). The quantitative estimate of drug-likeness (QED) is 0.555. The summed E-state index contributed by atoms with van der Waals surface area (Å²) >= 11 is 0. The van der Waals surface area contributed by atoms with Gasteiger partial charge in [-0.2, -0.15) is 0 Å². The number of nitrogens with one attached hydrogen (secondary N) is 1. The lowest BCUT2D eigenvalue weighted by Gasteiger charge is -2.21. The van der Waals surface area contributed by atoms with Gasteiger partial charge in [0.15, 0.2) is 0 Å². The smallest absolute Gasteiger partial charge is 0.269 e. The van der Waals surface area contributed by atoms with Crippen LogP contribution in [0.15, 0.2) is 18.2 Å². The average molecular weight is 206 g/mol. The molecule has 2 unspecified atom stereocenters. The molecule has 1 saturated heterocycles. The van der Waals surface area contributed by atoms with Crippen LogP contribution in [0, 0.1) is 10.1 Å². The summed E-state index contributed by atoms with van der Waals surface area (Å²) in [5.41, 5.74) is 2.21. The molecule has 0 spiro atoms. The van der Waals surface area contributed by atoms with Crippen molar-refractivity contribution in [1.82, 2.24) is 5.32 Å². The molecule has 1 fully saturated rings. The molecule has 2 aliphatic rings. The number of nitrogens with zero attached hydrogens (tertiary/aromatic N) is 1. The molecule has 2 atom stereocenters. The number of nitro benzene ring substituents is 1. The molecule has 0 radical (unpaired) electrons. The number of nitro groups is 1. The minimum absolute atomic E-state index is 0.0151. The Kier molecular flexibility index (Phi) is 1.77. The SMILES string of the molecule is O=[N+]([O-])c1ccc2c(c1)C1CNCC2O1. The third-order valence-corrected chi connectivity index (χ3v) is 2.96. The van der Waals surface area contributed by atoms with Gasteiger partial charge in [0.1, 0.15) is 0 Å². The monoisotopic (exact) mass is 206 g/mol. The van der Waals surface area contributed by atoms with E-state index in [1.54, 1.807) is 12.1 Å². The molecule has 1 aromatic rings. The average Bonchev–Trinajstić information content (AvgIpc) is 2.51. The molecule has 0 saturated carbocycles. The minimum atomic E-state index is -0.365. The summed E-state index contributed by atoms with van der Waals surface area (Å²) in [7, 11) is 0. The van der Waals surface area contributed by atoms with Gasteiger partial charge < -0.3 is 10.1 Å². The predicted octanol–water partition coefficient (Wildman–Crippen LogP) is 1.31. The number of fused-ring (bicyclic) bond motifs is 5. The van der Waals surface area contributed by atoms with Gasteiger partial charge in [0.05, 0.1) is 17.1 Å². The summed E-state index contributed by atoms with van der Waals surface area (Å²) in [6.07, 6.45) is 0.0539. The Hall–Kier alpha value is -1.46. The molecule has 5 nitrogen and oxygen atoms in total. The van der Waals surface area contributed by atoms with Crippen LogP contribution >= 0.6 is 0 Å². The summed E-state index contributed by atoms with van der Waals surface area (Å²) in [5, 5.41) is 13.9. The fourth-order valence-corrected chi connectivity index (χ4v) is 2.25. The molecule has 2 aliphatic heterocycles. The van der Waals surface area contributed by atoms with E-state index in [9.17, 15) is 10.1 Å². The first-order chi connectivity index (χ1) is 7.25. The highest BCUT2D eigenvalue weighted by molar-refractivity contribution is 5.45. The van der Waals surface area contributed by atoms with Crippen LogP contribution in [0.3, 0.4) is 0 Å². The van der Waals surface area contributed by atoms with Crippen molar-refractivity contribution < 1.29 is 9.66 Å². The zero-order chi connectivity index (χ0) is 10.4. The highest BCUT2D eigenvalue weighted by atomic mass is 16.6. The number of benzene rings is 1. The van der Waals surface area contributed by atoms with Crippen molar-refractivity contribution in [1.29, 1.82) is 0 Å². The van der Waals surface area contributed by atoms with Crippen LogP contribution < -0.4 is 5.32 Å². The fraction of sp³-hybridized carbons (Fsp3) is 0.400. The second-order valence-corrected chi connectivity index (χ2v) is 3.84. The van der Waals surface area contributed by atoms with Crippen molar-refractivity contribution >= 4 is 5.69 Å². The third-order valence-electron chi connectivity index (χ3n) is 2.96. The van der Waals surface area contributed by atoms with Crippen LogP contribution in [0.5, 0.6) is 0 Å².